The molecule has 2 aromatic heterocycles. The van der Waals surface area contributed by atoms with Gasteiger partial charge in [0.05, 0.1) is 36.4 Å². The first-order valence-corrected chi connectivity index (χ1v) is 4.81. The van der Waals surface area contributed by atoms with Crippen molar-refractivity contribution in [3.05, 3.63) is 18.6 Å². The number of pyridine rings is 1. The van der Waals surface area contributed by atoms with Crippen LogP contribution >= 0.6 is 0 Å². The van der Waals surface area contributed by atoms with Gasteiger partial charge in [0.1, 0.15) is 0 Å². The molecule has 80 valence electrons. The fourth-order valence-electron chi connectivity index (χ4n) is 1.62. The molecule has 0 saturated heterocycles. The van der Waals surface area contributed by atoms with Gasteiger partial charge >= 0.3 is 0 Å². The first-order valence-electron chi connectivity index (χ1n) is 4.81. The van der Waals surface area contributed by atoms with E-state index in [1.165, 1.54) is 0 Å². The van der Waals surface area contributed by atoms with Gasteiger partial charge in [-0.3, -0.25) is 9.67 Å². The van der Waals surface area contributed by atoms with Crippen LogP contribution in [0.2, 0.25) is 0 Å². The molecule has 0 bridgehead atoms. The molecule has 0 radical (unpaired) electrons. The summed E-state index contributed by atoms with van der Waals surface area (Å²) in [6.45, 7) is 0.725. The minimum atomic E-state index is 0.132. The summed E-state index contributed by atoms with van der Waals surface area (Å²) >= 11 is 0. The molecule has 0 saturated carbocycles. The van der Waals surface area contributed by atoms with E-state index < -0.39 is 0 Å². The fourth-order valence-corrected chi connectivity index (χ4v) is 1.62. The average Bonchev–Trinajstić information content (AvgIpc) is 2.61. The molecule has 5 heteroatoms. The van der Waals surface area contributed by atoms with Crippen LogP contribution in [0.15, 0.2) is 18.6 Å². The summed E-state index contributed by atoms with van der Waals surface area (Å²) in [4.78, 5) is 6.13. The molecule has 0 aliphatic carbocycles. The van der Waals surface area contributed by atoms with Crippen LogP contribution in [0.3, 0.4) is 0 Å². The summed E-state index contributed by atoms with van der Waals surface area (Å²) in [5.41, 5.74) is 1.99. The number of aliphatic hydroxyl groups is 1. The minimum absolute atomic E-state index is 0.132. The molecule has 2 rings (SSSR count). The third-order valence-corrected chi connectivity index (χ3v) is 2.50. The normalized spacial score (nSPS) is 10.9. The molecule has 0 fully saturated rings. The molecule has 1 N–H and O–H groups in total. The highest BCUT2D eigenvalue weighted by Crippen LogP contribution is 2.23. The Balaban J connectivity index is 2.51. The Hall–Kier alpha value is -1.62. The topological polar surface area (TPSA) is 54.2 Å². The van der Waals surface area contributed by atoms with Crippen LogP contribution in [0.1, 0.15) is 0 Å². The summed E-state index contributed by atoms with van der Waals surface area (Å²) in [5, 5.41) is 14.1. The molecule has 0 amide bonds. The summed E-state index contributed by atoms with van der Waals surface area (Å²) in [5.74, 6) is 0. The van der Waals surface area contributed by atoms with Crippen LogP contribution in [0, 0.1) is 0 Å². The van der Waals surface area contributed by atoms with Gasteiger partial charge in [-0.05, 0) is 0 Å². The Bertz CT molecular complexity index is 465. The second-order valence-corrected chi connectivity index (χ2v) is 3.50. The van der Waals surface area contributed by atoms with Crippen molar-refractivity contribution in [2.45, 2.75) is 0 Å². The Morgan fingerprint density at radius 3 is 2.93 bits per heavy atom. The third kappa shape index (κ3) is 1.66. The van der Waals surface area contributed by atoms with Gasteiger partial charge in [-0.2, -0.15) is 5.10 Å². The summed E-state index contributed by atoms with van der Waals surface area (Å²) in [6.07, 6.45) is 5.40. The minimum Gasteiger partial charge on any atom is -0.395 e. The standard InChI is InChI=1S/C10H14N4O/c1-13(3-4-15)9-6-11-7-10-8(9)5-12-14(10)2/h5-7,15H,3-4H2,1-2H3. The second kappa shape index (κ2) is 3.86. The van der Waals surface area contributed by atoms with Gasteiger partial charge in [0.25, 0.3) is 0 Å². The highest BCUT2D eigenvalue weighted by molar-refractivity contribution is 5.90. The predicted octanol–water partition coefficient (Wildman–Crippen LogP) is 0.397. The lowest BCUT2D eigenvalue weighted by atomic mass is 10.2. The second-order valence-electron chi connectivity index (χ2n) is 3.50. The van der Waals surface area contributed by atoms with E-state index >= 15 is 0 Å². The van der Waals surface area contributed by atoms with Crippen molar-refractivity contribution >= 4 is 16.6 Å². The van der Waals surface area contributed by atoms with Crippen molar-refractivity contribution in [3.8, 4) is 0 Å². The zero-order chi connectivity index (χ0) is 10.8. The fraction of sp³-hybridized carbons (Fsp3) is 0.400. The molecule has 0 aliphatic rings. The molecule has 15 heavy (non-hydrogen) atoms. The quantitative estimate of drug-likeness (QED) is 0.789. The van der Waals surface area contributed by atoms with Gasteiger partial charge in [0.2, 0.25) is 0 Å². The smallest absolute Gasteiger partial charge is 0.0883 e. The third-order valence-electron chi connectivity index (χ3n) is 2.50. The number of aliphatic hydroxyl groups excluding tert-OH is 1. The van der Waals surface area contributed by atoms with E-state index in [2.05, 4.69) is 10.1 Å². The van der Waals surface area contributed by atoms with Gasteiger partial charge in [0.15, 0.2) is 0 Å². The number of hydrogen-bond donors (Lipinski definition) is 1. The van der Waals surface area contributed by atoms with Crippen LogP contribution in [-0.2, 0) is 7.05 Å². The molecular weight excluding hydrogens is 192 g/mol. The van der Waals surface area contributed by atoms with Crippen molar-refractivity contribution in [2.75, 3.05) is 25.1 Å². The van der Waals surface area contributed by atoms with Crippen LogP contribution in [-0.4, -0.2) is 40.1 Å². The number of aromatic nitrogens is 3. The number of likely N-dealkylation sites (N-methyl/N-ethyl adjacent to an activating group) is 1. The number of anilines is 1. The van der Waals surface area contributed by atoms with Crippen molar-refractivity contribution in [2.24, 2.45) is 7.05 Å². The Morgan fingerprint density at radius 2 is 2.20 bits per heavy atom. The van der Waals surface area contributed by atoms with Crippen LogP contribution in [0.25, 0.3) is 10.9 Å². The van der Waals surface area contributed by atoms with Gasteiger partial charge in [-0.1, -0.05) is 0 Å². The Morgan fingerprint density at radius 1 is 1.40 bits per heavy atom. The lowest BCUT2D eigenvalue weighted by Gasteiger charge is -2.17. The van der Waals surface area contributed by atoms with Crippen molar-refractivity contribution < 1.29 is 5.11 Å². The van der Waals surface area contributed by atoms with E-state index in [-0.39, 0.29) is 6.61 Å². The molecule has 0 aliphatic heterocycles. The number of rotatable bonds is 3. The number of fused-ring (bicyclic) bond motifs is 1. The molecule has 0 aromatic carbocycles. The van der Waals surface area contributed by atoms with E-state index in [9.17, 15) is 0 Å². The lowest BCUT2D eigenvalue weighted by molar-refractivity contribution is 0.304. The predicted molar refractivity (Wildman–Crippen MR) is 58.9 cm³/mol. The monoisotopic (exact) mass is 206 g/mol. The van der Waals surface area contributed by atoms with E-state index in [0.29, 0.717) is 6.54 Å². The summed E-state index contributed by atoms with van der Waals surface area (Å²) < 4.78 is 1.79. The zero-order valence-electron chi connectivity index (χ0n) is 8.88. The SMILES string of the molecule is CN(CCO)c1cncc2c1cnn2C. The zero-order valence-corrected chi connectivity index (χ0v) is 8.88. The van der Waals surface area contributed by atoms with Crippen LogP contribution < -0.4 is 4.90 Å². The lowest BCUT2D eigenvalue weighted by Crippen LogP contribution is -2.21. The Labute approximate surface area is 88.0 Å². The number of hydrogen-bond acceptors (Lipinski definition) is 4. The molecule has 0 atom stereocenters. The molecule has 5 nitrogen and oxygen atoms in total. The van der Waals surface area contributed by atoms with Gasteiger partial charge in [0, 0.05) is 26.0 Å². The van der Waals surface area contributed by atoms with Crippen molar-refractivity contribution in [1.82, 2.24) is 14.8 Å². The largest absolute Gasteiger partial charge is 0.395 e. The molecule has 0 spiro atoms. The van der Waals surface area contributed by atoms with Crippen LogP contribution in [0.4, 0.5) is 5.69 Å². The first-order chi connectivity index (χ1) is 7.24. The van der Waals surface area contributed by atoms with Gasteiger partial charge in [-0.15, -0.1) is 0 Å². The molecule has 2 heterocycles. The van der Waals surface area contributed by atoms with E-state index in [4.69, 9.17) is 5.11 Å². The maximum absolute atomic E-state index is 8.89. The summed E-state index contributed by atoms with van der Waals surface area (Å²) in [6, 6.07) is 0. The highest BCUT2D eigenvalue weighted by Gasteiger charge is 2.08. The first kappa shape index (κ1) is 9.92. The van der Waals surface area contributed by atoms with Gasteiger partial charge < -0.3 is 10.0 Å². The van der Waals surface area contributed by atoms with Crippen molar-refractivity contribution in [3.63, 3.8) is 0 Å². The number of nitrogens with zero attached hydrogens (tertiary/aromatic N) is 4. The van der Waals surface area contributed by atoms with Crippen LogP contribution in [0.5, 0.6) is 0 Å². The highest BCUT2D eigenvalue weighted by atomic mass is 16.3. The maximum atomic E-state index is 8.89. The van der Waals surface area contributed by atoms with Crippen molar-refractivity contribution in [1.29, 1.82) is 0 Å². The van der Waals surface area contributed by atoms with E-state index in [1.807, 2.05) is 25.2 Å². The molecule has 0 unspecified atom stereocenters. The molecular formula is C10H14N4O. The average molecular weight is 206 g/mol. The van der Waals surface area contributed by atoms with E-state index in [0.717, 1.165) is 16.6 Å². The van der Waals surface area contributed by atoms with E-state index in [1.54, 1.807) is 17.1 Å². The number of aryl methyl sites for hydroxylation is 1. The van der Waals surface area contributed by atoms with Gasteiger partial charge in [-0.25, -0.2) is 0 Å². The Kier molecular flexibility index (Phi) is 2.55. The maximum Gasteiger partial charge on any atom is 0.0883 e. The molecule has 2 aromatic rings. The summed E-state index contributed by atoms with van der Waals surface area (Å²) in [7, 11) is 3.82.